The lowest BCUT2D eigenvalue weighted by atomic mass is 10.1. The zero-order valence-corrected chi connectivity index (χ0v) is 16.8. The number of aryl methyl sites for hydroxylation is 1. The van der Waals surface area contributed by atoms with Crippen LogP contribution in [0.3, 0.4) is 0 Å². The van der Waals surface area contributed by atoms with E-state index in [2.05, 4.69) is 51.5 Å². The van der Waals surface area contributed by atoms with Crippen molar-refractivity contribution in [3.05, 3.63) is 89.5 Å². The molecule has 0 aliphatic heterocycles. The maximum absolute atomic E-state index is 14.7. The summed E-state index contributed by atoms with van der Waals surface area (Å²) >= 11 is 1.73. The first-order chi connectivity index (χ1) is 13.6. The Hall–Kier alpha value is -2.79. The minimum absolute atomic E-state index is 0.132. The summed E-state index contributed by atoms with van der Waals surface area (Å²) < 4.78 is 14.7. The molecule has 5 heteroatoms. The van der Waals surface area contributed by atoms with Crippen molar-refractivity contribution in [2.75, 3.05) is 11.2 Å². The van der Waals surface area contributed by atoms with E-state index >= 15 is 0 Å². The Bertz CT molecular complexity index is 1090. The van der Waals surface area contributed by atoms with Crippen molar-refractivity contribution in [1.29, 1.82) is 0 Å². The van der Waals surface area contributed by atoms with Gasteiger partial charge in [-0.2, -0.15) is 0 Å². The third-order valence-corrected chi connectivity index (χ3v) is 5.68. The molecule has 0 fully saturated rings. The van der Waals surface area contributed by atoms with Crippen molar-refractivity contribution in [1.82, 2.24) is 9.97 Å². The van der Waals surface area contributed by atoms with Crippen LogP contribution in [0.1, 0.15) is 16.7 Å². The van der Waals surface area contributed by atoms with Gasteiger partial charge >= 0.3 is 0 Å². The molecule has 0 bridgehead atoms. The lowest BCUT2D eigenvalue weighted by Gasteiger charge is -2.26. The van der Waals surface area contributed by atoms with E-state index in [4.69, 9.17) is 0 Å². The van der Waals surface area contributed by atoms with E-state index < -0.39 is 0 Å². The third kappa shape index (κ3) is 3.90. The normalized spacial score (nSPS) is 11.1. The van der Waals surface area contributed by atoms with Gasteiger partial charge < -0.3 is 9.88 Å². The smallest absolute Gasteiger partial charge is 0.131 e. The van der Waals surface area contributed by atoms with Crippen LogP contribution in [0, 0.1) is 12.7 Å². The number of rotatable bonds is 6. The molecular formula is C23H22FN3S. The van der Waals surface area contributed by atoms with Gasteiger partial charge in [0.1, 0.15) is 5.82 Å². The van der Waals surface area contributed by atoms with Crippen LogP contribution in [0.4, 0.5) is 10.1 Å². The third-order valence-electron chi connectivity index (χ3n) is 4.93. The van der Waals surface area contributed by atoms with E-state index in [1.54, 1.807) is 31.1 Å². The molecule has 3 aromatic carbocycles. The number of nitrogens with one attached hydrogen (secondary N) is 1. The molecule has 1 N–H and O–H groups in total. The topological polar surface area (TPSA) is 31.9 Å². The molecule has 3 nitrogen and oxygen atoms in total. The summed E-state index contributed by atoms with van der Waals surface area (Å²) in [5.74, 6) is -0.132. The molecular weight excluding hydrogens is 369 g/mol. The zero-order valence-electron chi connectivity index (χ0n) is 15.9. The first-order valence-corrected chi connectivity index (χ1v) is 10.4. The minimum atomic E-state index is -0.132. The highest BCUT2D eigenvalue weighted by atomic mass is 32.2. The molecule has 0 spiro atoms. The van der Waals surface area contributed by atoms with Crippen LogP contribution in [0.5, 0.6) is 0 Å². The quantitative estimate of drug-likeness (QED) is 0.413. The largest absolute Gasteiger partial charge is 0.363 e. The molecule has 4 aromatic rings. The summed E-state index contributed by atoms with van der Waals surface area (Å²) in [7, 11) is 0. The monoisotopic (exact) mass is 391 g/mol. The van der Waals surface area contributed by atoms with Crippen LogP contribution in [0.25, 0.3) is 11.0 Å². The number of fused-ring (bicyclic) bond motifs is 1. The van der Waals surface area contributed by atoms with E-state index in [9.17, 15) is 4.39 Å². The fraction of sp³-hybridized carbons (Fsp3) is 0.174. The highest BCUT2D eigenvalue weighted by Crippen LogP contribution is 2.26. The lowest BCUT2D eigenvalue weighted by molar-refractivity contribution is 0.595. The Kier molecular flexibility index (Phi) is 5.35. The van der Waals surface area contributed by atoms with E-state index in [0.717, 1.165) is 16.7 Å². The summed E-state index contributed by atoms with van der Waals surface area (Å²) in [5, 5.41) is 0. The maximum Gasteiger partial charge on any atom is 0.131 e. The van der Waals surface area contributed by atoms with Gasteiger partial charge in [-0.05, 0) is 54.6 Å². The minimum Gasteiger partial charge on any atom is -0.363 e. The molecule has 0 aliphatic rings. The molecule has 4 rings (SSSR count). The van der Waals surface area contributed by atoms with Crippen LogP contribution in [0.15, 0.2) is 71.9 Å². The number of anilines is 1. The van der Waals surface area contributed by atoms with Crippen LogP contribution in [-0.4, -0.2) is 16.2 Å². The van der Waals surface area contributed by atoms with Crippen LogP contribution in [0.2, 0.25) is 0 Å². The van der Waals surface area contributed by atoms with Gasteiger partial charge in [0.25, 0.3) is 0 Å². The molecule has 0 saturated carbocycles. The van der Waals surface area contributed by atoms with Gasteiger partial charge in [0, 0.05) is 29.2 Å². The van der Waals surface area contributed by atoms with E-state index in [-0.39, 0.29) is 5.82 Å². The number of hydrogen-bond acceptors (Lipinski definition) is 3. The Labute approximate surface area is 168 Å². The van der Waals surface area contributed by atoms with Crippen molar-refractivity contribution in [3.8, 4) is 0 Å². The molecule has 142 valence electrons. The predicted octanol–water partition coefficient (Wildman–Crippen LogP) is 5.94. The van der Waals surface area contributed by atoms with Gasteiger partial charge in [0.2, 0.25) is 0 Å². The van der Waals surface area contributed by atoms with Gasteiger partial charge in [0.15, 0.2) is 0 Å². The van der Waals surface area contributed by atoms with Crippen molar-refractivity contribution < 1.29 is 4.39 Å². The second kappa shape index (κ2) is 8.07. The first kappa shape index (κ1) is 18.6. The summed E-state index contributed by atoms with van der Waals surface area (Å²) in [6.45, 7) is 3.00. The molecule has 0 unspecified atom stereocenters. The van der Waals surface area contributed by atoms with Crippen molar-refractivity contribution in [2.24, 2.45) is 0 Å². The molecule has 1 aromatic heterocycles. The Balaban J connectivity index is 1.69. The number of aromatic amines is 1. The summed E-state index contributed by atoms with van der Waals surface area (Å²) in [5.41, 5.74) is 5.50. The van der Waals surface area contributed by atoms with Gasteiger partial charge in [-0.3, -0.25) is 0 Å². The Morgan fingerprint density at radius 1 is 1.04 bits per heavy atom. The number of nitrogens with zero attached hydrogens (tertiary/aromatic N) is 2. The van der Waals surface area contributed by atoms with Gasteiger partial charge in [-0.1, -0.05) is 30.3 Å². The Morgan fingerprint density at radius 3 is 2.64 bits per heavy atom. The van der Waals surface area contributed by atoms with Crippen LogP contribution >= 0.6 is 11.8 Å². The number of hydrogen-bond donors (Lipinski definition) is 1. The number of imidazole rings is 1. The average Bonchev–Trinajstić information content (AvgIpc) is 3.19. The standard InChI is InChI=1S/C23H22FN3S/c1-16-4-3-5-18(23(16)24)14-27(13-17-6-9-20(28-2)10-7-17)19-8-11-21-22(12-19)26-15-25-21/h3-12,15H,13-14H2,1-2H3,(H,25,26). The molecule has 0 amide bonds. The van der Waals surface area contributed by atoms with Gasteiger partial charge in [-0.25, -0.2) is 9.37 Å². The Morgan fingerprint density at radius 2 is 1.86 bits per heavy atom. The highest BCUT2D eigenvalue weighted by molar-refractivity contribution is 7.98. The zero-order chi connectivity index (χ0) is 19.5. The summed E-state index contributed by atoms with van der Waals surface area (Å²) in [4.78, 5) is 10.9. The van der Waals surface area contributed by atoms with E-state index in [1.807, 2.05) is 24.3 Å². The number of halogens is 1. The van der Waals surface area contributed by atoms with Crippen LogP contribution in [-0.2, 0) is 13.1 Å². The van der Waals surface area contributed by atoms with Gasteiger partial charge in [0.05, 0.1) is 17.4 Å². The number of benzene rings is 3. The van der Waals surface area contributed by atoms with Crippen molar-refractivity contribution >= 4 is 28.5 Å². The second-order valence-electron chi connectivity index (χ2n) is 6.86. The lowest BCUT2D eigenvalue weighted by Crippen LogP contribution is -2.23. The van der Waals surface area contributed by atoms with Crippen molar-refractivity contribution in [3.63, 3.8) is 0 Å². The molecule has 28 heavy (non-hydrogen) atoms. The SMILES string of the molecule is CSc1ccc(CN(Cc2cccc(C)c2F)c2ccc3nc[nH]c3c2)cc1. The highest BCUT2D eigenvalue weighted by Gasteiger charge is 2.13. The molecule has 0 saturated heterocycles. The van der Waals surface area contributed by atoms with E-state index in [1.165, 1.54) is 10.5 Å². The van der Waals surface area contributed by atoms with Crippen molar-refractivity contribution in [2.45, 2.75) is 24.9 Å². The molecule has 0 atom stereocenters. The fourth-order valence-electron chi connectivity index (χ4n) is 3.35. The number of H-pyrrole nitrogens is 1. The fourth-order valence-corrected chi connectivity index (χ4v) is 3.75. The van der Waals surface area contributed by atoms with Crippen LogP contribution < -0.4 is 4.90 Å². The second-order valence-corrected chi connectivity index (χ2v) is 7.74. The predicted molar refractivity (Wildman–Crippen MR) is 115 cm³/mol. The average molecular weight is 392 g/mol. The summed E-state index contributed by atoms with van der Waals surface area (Å²) in [6, 6.07) is 20.2. The molecule has 0 aliphatic carbocycles. The number of aromatic nitrogens is 2. The van der Waals surface area contributed by atoms with E-state index in [0.29, 0.717) is 24.2 Å². The molecule has 1 heterocycles. The number of thioether (sulfide) groups is 1. The summed E-state index contributed by atoms with van der Waals surface area (Å²) in [6.07, 6.45) is 3.77. The van der Waals surface area contributed by atoms with Gasteiger partial charge in [-0.15, -0.1) is 11.8 Å². The molecule has 0 radical (unpaired) electrons. The maximum atomic E-state index is 14.7. The first-order valence-electron chi connectivity index (χ1n) is 9.19.